The van der Waals surface area contributed by atoms with Gasteiger partial charge in [-0.25, -0.2) is 22.5 Å². The second kappa shape index (κ2) is 7.69. The molecular weight excluding hydrogens is 446 g/mol. The quantitative estimate of drug-likeness (QED) is 0.593. The number of hydrazone groups is 1. The van der Waals surface area contributed by atoms with E-state index >= 15 is 0 Å². The van der Waals surface area contributed by atoms with Crippen molar-refractivity contribution in [3.63, 3.8) is 0 Å². The molecule has 0 bridgehead atoms. The highest BCUT2D eigenvalue weighted by Crippen LogP contribution is 2.38. The molecule has 1 aromatic heterocycles. The Hall–Kier alpha value is -3.73. The number of aliphatic hydroxyl groups is 1. The summed E-state index contributed by atoms with van der Waals surface area (Å²) in [6, 6.07) is 12.7. The van der Waals surface area contributed by atoms with Gasteiger partial charge in [-0.15, -0.1) is 0 Å². The van der Waals surface area contributed by atoms with Gasteiger partial charge in [0, 0.05) is 17.4 Å². The fraction of sp³-hybridized carbons (Fsp3) is 0.227. The zero-order chi connectivity index (χ0) is 23.3. The van der Waals surface area contributed by atoms with Crippen molar-refractivity contribution in [1.29, 1.82) is 0 Å². The number of hydrogen-bond donors (Lipinski definition) is 1. The van der Waals surface area contributed by atoms with Crippen molar-refractivity contribution in [2.45, 2.75) is 25.0 Å². The Morgan fingerprint density at radius 2 is 1.82 bits per heavy atom. The molecule has 0 radical (unpaired) electrons. The van der Waals surface area contributed by atoms with Gasteiger partial charge in [0.2, 0.25) is 12.5 Å². The lowest BCUT2D eigenvalue weighted by atomic mass is 10.0. The number of alkyl halides is 4. The molecule has 3 aromatic rings. The molecule has 1 amide bonds. The van der Waals surface area contributed by atoms with Gasteiger partial charge < -0.3 is 14.6 Å². The van der Waals surface area contributed by atoms with Crippen molar-refractivity contribution in [1.82, 2.24) is 9.99 Å². The Morgan fingerprint density at radius 3 is 2.58 bits per heavy atom. The average molecular weight is 461 g/mol. The number of amides is 1. The van der Waals surface area contributed by atoms with Crippen LogP contribution in [0, 0.1) is 0 Å². The smallest absolute Gasteiger partial charge is 0.287 e. The lowest BCUT2D eigenvalue weighted by molar-refractivity contribution is -0.164. The van der Waals surface area contributed by atoms with Gasteiger partial charge in [-0.1, -0.05) is 18.2 Å². The topological polar surface area (TPSA) is 84.3 Å². The molecule has 1 N–H and O–H groups in total. The van der Waals surface area contributed by atoms with E-state index in [1.54, 1.807) is 36.4 Å². The van der Waals surface area contributed by atoms with Gasteiger partial charge in [0.15, 0.2) is 11.5 Å². The van der Waals surface area contributed by atoms with Crippen molar-refractivity contribution in [2.24, 2.45) is 5.10 Å². The zero-order valence-corrected chi connectivity index (χ0v) is 16.7. The molecule has 170 valence electrons. The van der Waals surface area contributed by atoms with Crippen LogP contribution >= 0.6 is 0 Å². The van der Waals surface area contributed by atoms with Gasteiger partial charge >= 0.3 is 0 Å². The Balaban J connectivity index is 1.65. The molecule has 5 rings (SSSR count). The first-order chi connectivity index (χ1) is 15.8. The van der Waals surface area contributed by atoms with Crippen LogP contribution in [-0.2, 0) is 0 Å². The number of halogens is 4. The average Bonchev–Trinajstić information content (AvgIpc) is 3.42. The van der Waals surface area contributed by atoms with E-state index in [1.165, 1.54) is 12.1 Å². The van der Waals surface area contributed by atoms with Crippen LogP contribution in [0.15, 0.2) is 53.6 Å². The molecule has 2 aliphatic rings. The molecule has 2 aliphatic heterocycles. The first-order valence-corrected chi connectivity index (χ1v) is 9.78. The third-order valence-electron chi connectivity index (χ3n) is 5.45. The molecule has 3 heterocycles. The summed E-state index contributed by atoms with van der Waals surface area (Å²) in [7, 11) is 0. The van der Waals surface area contributed by atoms with E-state index in [1.807, 2.05) is 0 Å². The Labute approximate surface area is 183 Å². The summed E-state index contributed by atoms with van der Waals surface area (Å²) in [5.74, 6) is -0.161. The number of fused-ring (bicyclic) bond motifs is 2. The second-order valence-corrected chi connectivity index (χ2v) is 7.51. The van der Waals surface area contributed by atoms with E-state index in [9.17, 15) is 27.5 Å². The molecule has 2 aromatic carbocycles. The standard InChI is InChI=1S/C22H15F4N3O4/c23-19(24)16-9-22(31,21(25)26)29(28-16)20(30)13-8-15(27-14-4-2-1-3-12(13)14)11-5-6-17-18(7-11)33-10-32-17/h1-8,19,21,31H,9-10H2/t22-/m0/s1. The number of carbonyl (C=O) groups is 1. The van der Waals surface area contributed by atoms with E-state index < -0.39 is 36.6 Å². The molecule has 0 fully saturated rings. The van der Waals surface area contributed by atoms with E-state index in [-0.39, 0.29) is 22.8 Å². The predicted molar refractivity (Wildman–Crippen MR) is 108 cm³/mol. The lowest BCUT2D eigenvalue weighted by Crippen LogP contribution is -2.51. The van der Waals surface area contributed by atoms with Gasteiger partial charge in [-0.2, -0.15) is 10.1 Å². The number of benzene rings is 2. The second-order valence-electron chi connectivity index (χ2n) is 7.51. The Morgan fingerprint density at radius 1 is 1.06 bits per heavy atom. The third kappa shape index (κ3) is 3.44. The normalized spacial score (nSPS) is 19.6. The molecule has 11 heteroatoms. The van der Waals surface area contributed by atoms with Gasteiger partial charge in [0.05, 0.1) is 16.8 Å². The number of hydrogen-bond acceptors (Lipinski definition) is 6. The molecule has 0 saturated heterocycles. The summed E-state index contributed by atoms with van der Waals surface area (Å²) in [5, 5.41) is 14.1. The van der Waals surface area contributed by atoms with Crippen LogP contribution in [0.1, 0.15) is 16.8 Å². The largest absolute Gasteiger partial charge is 0.454 e. The first-order valence-electron chi connectivity index (χ1n) is 9.78. The first kappa shape index (κ1) is 21.1. The number of para-hydroxylation sites is 1. The van der Waals surface area contributed by atoms with Crippen LogP contribution < -0.4 is 9.47 Å². The van der Waals surface area contributed by atoms with Gasteiger partial charge in [0.1, 0.15) is 5.71 Å². The van der Waals surface area contributed by atoms with Crippen molar-refractivity contribution in [3.05, 3.63) is 54.1 Å². The summed E-state index contributed by atoms with van der Waals surface area (Å²) < 4.78 is 64.3. The molecule has 0 saturated carbocycles. The lowest BCUT2D eigenvalue weighted by Gasteiger charge is -2.30. The Bertz CT molecular complexity index is 1300. The number of ether oxygens (including phenoxy) is 2. The molecule has 33 heavy (non-hydrogen) atoms. The van der Waals surface area contributed by atoms with Gasteiger partial charge in [0.25, 0.3) is 18.8 Å². The van der Waals surface area contributed by atoms with Crippen LogP contribution in [0.5, 0.6) is 11.5 Å². The summed E-state index contributed by atoms with van der Waals surface area (Å²) >= 11 is 0. The summed E-state index contributed by atoms with van der Waals surface area (Å²) in [4.78, 5) is 17.8. The maximum Gasteiger partial charge on any atom is 0.287 e. The molecule has 1 atom stereocenters. The number of pyridine rings is 1. The Kier molecular flexibility index (Phi) is 4.93. The number of rotatable bonds is 4. The van der Waals surface area contributed by atoms with Gasteiger partial charge in [-0.05, 0) is 30.3 Å². The highest BCUT2D eigenvalue weighted by Gasteiger charge is 2.53. The highest BCUT2D eigenvalue weighted by molar-refractivity contribution is 6.08. The molecule has 0 aliphatic carbocycles. The summed E-state index contributed by atoms with van der Waals surface area (Å²) in [6.07, 6.45) is -7.89. The molecular formula is C22H15F4N3O4. The van der Waals surface area contributed by atoms with Crippen molar-refractivity contribution in [3.8, 4) is 22.8 Å². The number of nitrogens with zero attached hydrogens (tertiary/aromatic N) is 3. The molecule has 0 unspecified atom stereocenters. The van der Waals surface area contributed by atoms with Crippen molar-refractivity contribution >= 4 is 22.5 Å². The van der Waals surface area contributed by atoms with E-state index in [0.29, 0.717) is 28.3 Å². The van der Waals surface area contributed by atoms with Crippen LogP contribution in [0.4, 0.5) is 17.6 Å². The number of carbonyl (C=O) groups excluding carboxylic acids is 1. The maximum atomic E-state index is 13.7. The van der Waals surface area contributed by atoms with Crippen LogP contribution in [0.3, 0.4) is 0 Å². The van der Waals surface area contributed by atoms with Crippen LogP contribution in [0.25, 0.3) is 22.2 Å². The maximum absolute atomic E-state index is 13.7. The molecule has 0 spiro atoms. The third-order valence-corrected chi connectivity index (χ3v) is 5.45. The fourth-order valence-electron chi connectivity index (χ4n) is 3.77. The van der Waals surface area contributed by atoms with Crippen LogP contribution in [-0.4, -0.2) is 52.1 Å². The van der Waals surface area contributed by atoms with E-state index in [0.717, 1.165) is 0 Å². The highest BCUT2D eigenvalue weighted by atomic mass is 19.3. The van der Waals surface area contributed by atoms with E-state index in [4.69, 9.17) is 9.47 Å². The van der Waals surface area contributed by atoms with Crippen molar-refractivity contribution < 1.29 is 36.9 Å². The SMILES string of the molecule is O=C(c1cc(-c2ccc3c(c2)OCO3)nc2ccccc12)N1N=C(C(F)F)C[C@]1(O)C(F)F. The number of aromatic nitrogens is 1. The predicted octanol–water partition coefficient (Wildman–Crippen LogP) is 4.05. The fourth-order valence-corrected chi connectivity index (χ4v) is 3.77. The van der Waals surface area contributed by atoms with Gasteiger partial charge in [-0.3, -0.25) is 4.79 Å². The summed E-state index contributed by atoms with van der Waals surface area (Å²) in [5.41, 5.74) is -3.12. The van der Waals surface area contributed by atoms with Crippen LogP contribution in [0.2, 0.25) is 0 Å². The summed E-state index contributed by atoms with van der Waals surface area (Å²) in [6.45, 7) is 0.0549. The minimum atomic E-state index is -3.53. The zero-order valence-electron chi connectivity index (χ0n) is 16.7. The van der Waals surface area contributed by atoms with E-state index in [2.05, 4.69) is 10.1 Å². The minimum absolute atomic E-state index is 0.0460. The monoisotopic (exact) mass is 461 g/mol. The molecule has 7 nitrogen and oxygen atoms in total. The van der Waals surface area contributed by atoms with Crippen molar-refractivity contribution in [2.75, 3.05) is 6.79 Å². The minimum Gasteiger partial charge on any atom is -0.454 e.